The maximum Gasteiger partial charge on any atom is 0.276 e. The Hall–Kier alpha value is -4.11. The monoisotopic (exact) mass is 539 g/mol. The zero-order valence-corrected chi connectivity index (χ0v) is 22.3. The van der Waals surface area contributed by atoms with Gasteiger partial charge in [0.2, 0.25) is 0 Å². The lowest BCUT2D eigenvalue weighted by molar-refractivity contribution is 0.0664. The van der Waals surface area contributed by atoms with Crippen molar-refractivity contribution in [3.05, 3.63) is 66.4 Å². The quantitative estimate of drug-likeness (QED) is 0.244. The number of ketones is 1. The zero-order chi connectivity index (χ0) is 27.5. The molecular weight excluding hydrogens is 506 g/mol. The lowest BCUT2D eigenvalue weighted by Gasteiger charge is -2.26. The molecule has 2 aliphatic rings. The molecule has 0 saturated heterocycles. The van der Waals surface area contributed by atoms with Gasteiger partial charge in [-0.2, -0.15) is 5.10 Å². The van der Waals surface area contributed by atoms with Crippen LogP contribution in [-0.2, 0) is 0 Å². The molecule has 40 heavy (non-hydrogen) atoms. The molecule has 3 N–H and O–H groups in total. The van der Waals surface area contributed by atoms with Crippen molar-refractivity contribution in [2.45, 2.75) is 70.0 Å². The summed E-state index contributed by atoms with van der Waals surface area (Å²) in [6.07, 6.45) is 13.1. The first-order valence-corrected chi connectivity index (χ1v) is 14.1. The fourth-order valence-corrected chi connectivity index (χ4v) is 5.77. The molecule has 206 valence electrons. The third-order valence-electron chi connectivity index (χ3n) is 8.03. The number of Topliss-reactive ketones (excluding diaryl/α,β-unsaturated/α-hetero) is 1. The number of nitrogens with one attached hydrogen (secondary N) is 2. The highest BCUT2D eigenvalue weighted by Crippen LogP contribution is 2.30. The summed E-state index contributed by atoms with van der Waals surface area (Å²) in [4.78, 5) is 34.4. The van der Waals surface area contributed by atoms with Crippen molar-refractivity contribution in [1.29, 1.82) is 0 Å². The van der Waals surface area contributed by atoms with Crippen molar-refractivity contribution in [1.82, 2.24) is 20.2 Å². The van der Waals surface area contributed by atoms with Gasteiger partial charge in [0.15, 0.2) is 11.5 Å². The van der Waals surface area contributed by atoms with Crippen LogP contribution in [0.5, 0.6) is 5.75 Å². The molecule has 3 aromatic heterocycles. The molecule has 0 atom stereocenters. The second-order valence-electron chi connectivity index (χ2n) is 11.0. The number of aromatic nitrogens is 4. The van der Waals surface area contributed by atoms with Gasteiger partial charge in [-0.25, -0.2) is 0 Å². The average Bonchev–Trinajstić information content (AvgIpc) is 3.64. The van der Waals surface area contributed by atoms with Gasteiger partial charge in [-0.1, -0.05) is 31.7 Å². The average molecular weight is 540 g/mol. The van der Waals surface area contributed by atoms with E-state index in [0.717, 1.165) is 55.2 Å². The fourth-order valence-electron chi connectivity index (χ4n) is 5.77. The van der Waals surface area contributed by atoms with Crippen LogP contribution in [0.2, 0.25) is 0 Å². The van der Waals surface area contributed by atoms with Gasteiger partial charge in [0.25, 0.3) is 5.91 Å². The van der Waals surface area contributed by atoms with Crippen LogP contribution in [-0.4, -0.2) is 49.2 Å². The van der Waals surface area contributed by atoms with E-state index in [1.54, 1.807) is 24.5 Å². The van der Waals surface area contributed by atoms with Crippen molar-refractivity contribution in [2.24, 2.45) is 5.92 Å². The van der Waals surface area contributed by atoms with Gasteiger partial charge in [-0.15, -0.1) is 0 Å². The summed E-state index contributed by atoms with van der Waals surface area (Å²) in [5, 5.41) is 20.5. The molecule has 1 amide bonds. The largest absolute Gasteiger partial charge is 0.489 e. The van der Waals surface area contributed by atoms with Crippen molar-refractivity contribution < 1.29 is 19.4 Å². The Morgan fingerprint density at radius 2 is 1.77 bits per heavy atom. The van der Waals surface area contributed by atoms with E-state index in [9.17, 15) is 14.7 Å². The lowest BCUT2D eigenvalue weighted by Crippen LogP contribution is -2.26. The second kappa shape index (κ2) is 11.6. The van der Waals surface area contributed by atoms with Crippen LogP contribution in [0.25, 0.3) is 22.0 Å². The van der Waals surface area contributed by atoms with E-state index in [1.807, 2.05) is 24.3 Å². The first-order valence-electron chi connectivity index (χ1n) is 14.1. The highest BCUT2D eigenvalue weighted by atomic mass is 16.5. The molecule has 0 unspecified atom stereocenters. The van der Waals surface area contributed by atoms with E-state index < -0.39 is 0 Å². The summed E-state index contributed by atoms with van der Waals surface area (Å²) < 4.78 is 6.14. The maximum absolute atomic E-state index is 13.1. The number of benzene rings is 1. The molecule has 6 rings (SSSR count). The fraction of sp³-hybridized carbons (Fsp3) is 0.387. The summed E-state index contributed by atoms with van der Waals surface area (Å²) in [5.41, 5.74) is 3.68. The predicted molar refractivity (Wildman–Crippen MR) is 151 cm³/mol. The number of nitrogens with zero attached hydrogens (tertiary/aromatic N) is 3. The SMILES string of the molecule is O=C(CC1CCCC1)c1ccc(NC(=O)c2n[nH]c3ccc(-c4cncc(OC5CCC(O)CC5)c4)cc23)cn1. The third-order valence-corrected chi connectivity index (χ3v) is 8.03. The first-order chi connectivity index (χ1) is 19.5. The molecule has 9 heteroatoms. The Bertz CT molecular complexity index is 1500. The number of aromatic amines is 1. The van der Waals surface area contributed by atoms with Crippen LogP contribution >= 0.6 is 0 Å². The Morgan fingerprint density at radius 1 is 0.950 bits per heavy atom. The van der Waals surface area contributed by atoms with Crippen LogP contribution < -0.4 is 10.1 Å². The molecule has 0 aliphatic heterocycles. The smallest absolute Gasteiger partial charge is 0.276 e. The van der Waals surface area contributed by atoms with Gasteiger partial charge in [0.1, 0.15) is 11.4 Å². The minimum absolute atomic E-state index is 0.0529. The van der Waals surface area contributed by atoms with Gasteiger partial charge < -0.3 is 15.2 Å². The number of aliphatic hydroxyl groups is 1. The highest BCUT2D eigenvalue weighted by molar-refractivity contribution is 6.11. The number of aliphatic hydroxyl groups excluding tert-OH is 1. The van der Waals surface area contributed by atoms with Crippen molar-refractivity contribution in [2.75, 3.05) is 5.32 Å². The van der Waals surface area contributed by atoms with Crippen LogP contribution in [0.4, 0.5) is 5.69 Å². The van der Waals surface area contributed by atoms with Crippen LogP contribution in [0, 0.1) is 5.92 Å². The number of hydrogen-bond donors (Lipinski definition) is 3. The van der Waals surface area contributed by atoms with Gasteiger partial charge in [-0.3, -0.25) is 24.7 Å². The number of H-pyrrole nitrogens is 1. The summed E-state index contributed by atoms with van der Waals surface area (Å²) in [5.74, 6) is 0.827. The Labute approximate surface area is 232 Å². The Balaban J connectivity index is 1.15. The highest BCUT2D eigenvalue weighted by Gasteiger charge is 2.22. The molecule has 0 spiro atoms. The lowest BCUT2D eigenvalue weighted by atomic mass is 9.95. The summed E-state index contributed by atoms with van der Waals surface area (Å²) in [6, 6.07) is 11.1. The molecule has 0 bridgehead atoms. The number of ether oxygens (including phenoxy) is 1. The van der Waals surface area contributed by atoms with E-state index in [-0.39, 0.29) is 29.6 Å². The van der Waals surface area contributed by atoms with Crippen LogP contribution in [0.15, 0.2) is 55.0 Å². The standard InChI is InChI=1S/C31H33N5O4/c37-23-7-9-24(10-8-23)40-25-14-21(16-32-18-25)20-5-11-27-26(15-20)30(36-35-27)31(39)34-22-6-12-28(33-17-22)29(38)13-19-3-1-2-4-19/h5-6,11-12,14-19,23-24,37H,1-4,7-10,13H2,(H,34,39)(H,35,36). The molecular formula is C31H33N5O4. The molecule has 3 heterocycles. The topological polar surface area (TPSA) is 130 Å². The zero-order valence-electron chi connectivity index (χ0n) is 22.3. The van der Waals surface area contributed by atoms with Crippen LogP contribution in [0.3, 0.4) is 0 Å². The summed E-state index contributed by atoms with van der Waals surface area (Å²) in [7, 11) is 0. The molecule has 2 aliphatic carbocycles. The molecule has 0 radical (unpaired) electrons. The Morgan fingerprint density at radius 3 is 2.55 bits per heavy atom. The number of rotatable bonds is 8. The van der Waals surface area contributed by atoms with E-state index in [2.05, 4.69) is 25.5 Å². The predicted octanol–water partition coefficient (Wildman–Crippen LogP) is 5.72. The first kappa shape index (κ1) is 26.1. The summed E-state index contributed by atoms with van der Waals surface area (Å²) in [6.45, 7) is 0. The molecule has 2 fully saturated rings. The molecule has 4 aromatic rings. The van der Waals surface area contributed by atoms with Crippen LogP contribution in [0.1, 0.15) is 78.8 Å². The molecule has 9 nitrogen and oxygen atoms in total. The van der Waals surface area contributed by atoms with E-state index in [1.165, 1.54) is 19.0 Å². The normalized spacial score (nSPS) is 19.5. The number of hydrogen-bond acceptors (Lipinski definition) is 7. The second-order valence-corrected chi connectivity index (χ2v) is 11.0. The van der Waals surface area contributed by atoms with E-state index in [4.69, 9.17) is 4.74 Å². The maximum atomic E-state index is 13.1. The number of pyridine rings is 2. The van der Waals surface area contributed by atoms with Crippen molar-refractivity contribution in [3.8, 4) is 16.9 Å². The van der Waals surface area contributed by atoms with Gasteiger partial charge in [0, 0.05) is 23.6 Å². The Kier molecular flexibility index (Phi) is 7.55. The van der Waals surface area contributed by atoms with Crippen molar-refractivity contribution in [3.63, 3.8) is 0 Å². The molecule has 2 saturated carbocycles. The number of amides is 1. The minimum atomic E-state index is -0.370. The van der Waals surface area contributed by atoms with E-state index >= 15 is 0 Å². The van der Waals surface area contributed by atoms with E-state index in [0.29, 0.717) is 34.9 Å². The minimum Gasteiger partial charge on any atom is -0.489 e. The third kappa shape index (κ3) is 5.89. The molecule has 1 aromatic carbocycles. The van der Waals surface area contributed by atoms with Gasteiger partial charge in [-0.05, 0) is 67.5 Å². The number of carbonyl (C=O) groups is 2. The van der Waals surface area contributed by atoms with Crippen molar-refractivity contribution >= 4 is 28.3 Å². The number of carbonyl (C=O) groups excluding carboxylic acids is 2. The van der Waals surface area contributed by atoms with Gasteiger partial charge >= 0.3 is 0 Å². The summed E-state index contributed by atoms with van der Waals surface area (Å²) >= 11 is 0. The van der Waals surface area contributed by atoms with Gasteiger partial charge in [0.05, 0.1) is 35.8 Å². The number of anilines is 1. The number of fused-ring (bicyclic) bond motifs is 1.